The SMILES string of the molecule is O=C(O)CCc1csc(Cl)n1. The molecule has 0 saturated carbocycles. The molecule has 0 saturated heterocycles. The second kappa shape index (κ2) is 3.69. The van der Waals surface area contributed by atoms with Crippen molar-refractivity contribution in [3.63, 3.8) is 0 Å². The van der Waals surface area contributed by atoms with E-state index in [1.165, 1.54) is 11.3 Å². The molecule has 1 rings (SSSR count). The van der Waals surface area contributed by atoms with Crippen LogP contribution in [0.2, 0.25) is 4.47 Å². The third-order valence-electron chi connectivity index (χ3n) is 1.12. The highest BCUT2D eigenvalue weighted by Crippen LogP contribution is 2.15. The number of rotatable bonds is 3. The molecular weight excluding hydrogens is 186 g/mol. The van der Waals surface area contributed by atoms with E-state index in [9.17, 15) is 4.79 Å². The Hall–Kier alpha value is -0.610. The number of nitrogens with zero attached hydrogens (tertiary/aromatic N) is 1. The summed E-state index contributed by atoms with van der Waals surface area (Å²) in [6.45, 7) is 0. The number of hydrogen-bond acceptors (Lipinski definition) is 3. The first-order chi connectivity index (χ1) is 5.18. The van der Waals surface area contributed by atoms with Gasteiger partial charge in [0, 0.05) is 11.8 Å². The predicted octanol–water partition coefficient (Wildman–Crippen LogP) is 1.81. The molecular formula is C6H6ClNO2S. The fraction of sp³-hybridized carbons (Fsp3) is 0.333. The van der Waals surface area contributed by atoms with Gasteiger partial charge < -0.3 is 5.11 Å². The molecule has 0 atom stereocenters. The summed E-state index contributed by atoms with van der Waals surface area (Å²) in [4.78, 5) is 14.0. The molecule has 1 aromatic heterocycles. The first-order valence-electron chi connectivity index (χ1n) is 3.00. The van der Waals surface area contributed by atoms with E-state index < -0.39 is 5.97 Å². The van der Waals surface area contributed by atoms with Crippen molar-refractivity contribution in [2.24, 2.45) is 0 Å². The Balaban J connectivity index is 2.45. The van der Waals surface area contributed by atoms with Crippen LogP contribution in [0.5, 0.6) is 0 Å². The number of carbonyl (C=O) groups is 1. The van der Waals surface area contributed by atoms with E-state index in [4.69, 9.17) is 16.7 Å². The monoisotopic (exact) mass is 191 g/mol. The Morgan fingerprint density at radius 3 is 3.00 bits per heavy atom. The van der Waals surface area contributed by atoms with Gasteiger partial charge in [0.05, 0.1) is 12.1 Å². The smallest absolute Gasteiger partial charge is 0.303 e. The van der Waals surface area contributed by atoms with Crippen molar-refractivity contribution in [3.8, 4) is 0 Å². The van der Waals surface area contributed by atoms with Crippen LogP contribution in [0, 0.1) is 0 Å². The van der Waals surface area contributed by atoms with Crippen LogP contribution in [0.1, 0.15) is 12.1 Å². The van der Waals surface area contributed by atoms with E-state index in [0.29, 0.717) is 10.9 Å². The molecule has 0 aliphatic heterocycles. The molecule has 0 aliphatic rings. The van der Waals surface area contributed by atoms with Gasteiger partial charge in [0.15, 0.2) is 4.47 Å². The van der Waals surface area contributed by atoms with Gasteiger partial charge in [-0.2, -0.15) is 0 Å². The number of aromatic nitrogens is 1. The highest BCUT2D eigenvalue weighted by Gasteiger charge is 2.02. The number of carboxylic acids is 1. The van der Waals surface area contributed by atoms with Gasteiger partial charge in [-0.25, -0.2) is 4.98 Å². The zero-order valence-electron chi connectivity index (χ0n) is 5.58. The van der Waals surface area contributed by atoms with Gasteiger partial charge in [-0.1, -0.05) is 11.6 Å². The normalized spacial score (nSPS) is 9.91. The average molecular weight is 192 g/mol. The van der Waals surface area contributed by atoms with E-state index in [-0.39, 0.29) is 6.42 Å². The average Bonchev–Trinajstić information content (AvgIpc) is 2.31. The molecule has 0 aromatic carbocycles. The first kappa shape index (κ1) is 8.49. The molecule has 11 heavy (non-hydrogen) atoms. The second-order valence-corrected chi connectivity index (χ2v) is 3.43. The molecule has 1 aromatic rings. The molecule has 0 bridgehead atoms. The lowest BCUT2D eigenvalue weighted by atomic mass is 10.3. The van der Waals surface area contributed by atoms with Crippen LogP contribution in [0.4, 0.5) is 0 Å². The molecule has 0 spiro atoms. The van der Waals surface area contributed by atoms with Gasteiger partial charge in [0.25, 0.3) is 0 Å². The van der Waals surface area contributed by atoms with Gasteiger partial charge in [0.2, 0.25) is 0 Å². The lowest BCUT2D eigenvalue weighted by Gasteiger charge is -1.88. The van der Waals surface area contributed by atoms with Crippen LogP contribution in [-0.2, 0) is 11.2 Å². The minimum atomic E-state index is -0.811. The maximum Gasteiger partial charge on any atom is 0.303 e. The number of aryl methyl sites for hydroxylation is 1. The van der Waals surface area contributed by atoms with Crippen molar-refractivity contribution in [1.29, 1.82) is 0 Å². The fourth-order valence-corrected chi connectivity index (χ4v) is 1.45. The third-order valence-corrected chi connectivity index (χ3v) is 2.15. The largest absolute Gasteiger partial charge is 0.481 e. The van der Waals surface area contributed by atoms with Crippen LogP contribution in [0.3, 0.4) is 0 Å². The Labute approximate surface area is 72.6 Å². The van der Waals surface area contributed by atoms with Crippen LogP contribution in [0.15, 0.2) is 5.38 Å². The lowest BCUT2D eigenvalue weighted by Crippen LogP contribution is -1.97. The van der Waals surface area contributed by atoms with E-state index in [1.807, 2.05) is 0 Å². The maximum atomic E-state index is 10.1. The summed E-state index contributed by atoms with van der Waals surface area (Å²) in [7, 11) is 0. The molecule has 0 amide bonds. The van der Waals surface area contributed by atoms with Crippen LogP contribution < -0.4 is 0 Å². The standard InChI is InChI=1S/C6H6ClNO2S/c7-6-8-4(3-11-6)1-2-5(9)10/h3H,1-2H2,(H,9,10). The fourth-order valence-electron chi connectivity index (χ4n) is 0.632. The van der Waals surface area contributed by atoms with Gasteiger partial charge in [-0.3, -0.25) is 4.79 Å². The summed E-state index contributed by atoms with van der Waals surface area (Å²) in [6, 6.07) is 0. The summed E-state index contributed by atoms with van der Waals surface area (Å²) in [5.74, 6) is -0.811. The summed E-state index contributed by atoms with van der Waals surface area (Å²) in [6.07, 6.45) is 0.568. The highest BCUT2D eigenvalue weighted by molar-refractivity contribution is 7.13. The Kier molecular flexibility index (Phi) is 2.84. The Bertz CT molecular complexity index is 261. The summed E-state index contributed by atoms with van der Waals surface area (Å²) >= 11 is 6.85. The Morgan fingerprint density at radius 2 is 2.55 bits per heavy atom. The van der Waals surface area contributed by atoms with Crippen LogP contribution in [-0.4, -0.2) is 16.1 Å². The molecule has 0 fully saturated rings. The van der Waals surface area contributed by atoms with Gasteiger partial charge in [-0.05, 0) is 0 Å². The zero-order valence-corrected chi connectivity index (χ0v) is 7.15. The van der Waals surface area contributed by atoms with Gasteiger partial charge in [-0.15, -0.1) is 11.3 Å². The molecule has 0 unspecified atom stereocenters. The predicted molar refractivity (Wildman–Crippen MR) is 43.1 cm³/mol. The van der Waals surface area contributed by atoms with Crippen molar-refractivity contribution in [1.82, 2.24) is 4.98 Å². The van der Waals surface area contributed by atoms with Gasteiger partial charge >= 0.3 is 5.97 Å². The highest BCUT2D eigenvalue weighted by atomic mass is 35.5. The summed E-state index contributed by atoms with van der Waals surface area (Å²) in [5, 5.41) is 10.1. The molecule has 5 heteroatoms. The van der Waals surface area contributed by atoms with E-state index in [1.54, 1.807) is 5.38 Å². The number of hydrogen-bond donors (Lipinski definition) is 1. The van der Waals surface area contributed by atoms with Crippen molar-refractivity contribution in [3.05, 3.63) is 15.5 Å². The minimum Gasteiger partial charge on any atom is -0.481 e. The molecule has 1 N–H and O–H groups in total. The minimum absolute atomic E-state index is 0.111. The van der Waals surface area contributed by atoms with Crippen molar-refractivity contribution in [2.75, 3.05) is 0 Å². The van der Waals surface area contributed by atoms with E-state index in [2.05, 4.69) is 4.98 Å². The molecule has 60 valence electrons. The molecule has 1 heterocycles. The lowest BCUT2D eigenvalue weighted by molar-refractivity contribution is -0.136. The van der Waals surface area contributed by atoms with E-state index in [0.717, 1.165) is 5.69 Å². The molecule has 0 aliphatic carbocycles. The second-order valence-electron chi connectivity index (χ2n) is 1.99. The number of aliphatic carboxylic acids is 1. The van der Waals surface area contributed by atoms with Crippen LogP contribution in [0.25, 0.3) is 0 Å². The van der Waals surface area contributed by atoms with Gasteiger partial charge in [0.1, 0.15) is 0 Å². The van der Waals surface area contributed by atoms with Crippen molar-refractivity contribution < 1.29 is 9.90 Å². The summed E-state index contributed by atoms with van der Waals surface area (Å²) in [5.41, 5.74) is 0.752. The number of halogens is 1. The topological polar surface area (TPSA) is 50.2 Å². The maximum absolute atomic E-state index is 10.1. The van der Waals surface area contributed by atoms with Crippen molar-refractivity contribution >= 4 is 28.9 Å². The third kappa shape index (κ3) is 2.86. The number of carboxylic acid groups (broad SMARTS) is 1. The van der Waals surface area contributed by atoms with E-state index >= 15 is 0 Å². The Morgan fingerprint density at radius 1 is 1.82 bits per heavy atom. The molecule has 3 nitrogen and oxygen atoms in total. The quantitative estimate of drug-likeness (QED) is 0.793. The first-order valence-corrected chi connectivity index (χ1v) is 4.26. The summed E-state index contributed by atoms with van der Waals surface area (Å²) < 4.78 is 0.463. The zero-order chi connectivity index (χ0) is 8.27. The number of thiazole rings is 1. The molecule has 0 radical (unpaired) electrons. The van der Waals surface area contributed by atoms with Crippen LogP contribution >= 0.6 is 22.9 Å². The van der Waals surface area contributed by atoms with Crippen molar-refractivity contribution in [2.45, 2.75) is 12.8 Å².